The van der Waals surface area contributed by atoms with Crippen LogP contribution in [0.3, 0.4) is 0 Å². The maximum atomic E-state index is 12.1. The van der Waals surface area contributed by atoms with Gasteiger partial charge in [-0.15, -0.1) is 0 Å². The van der Waals surface area contributed by atoms with E-state index in [-0.39, 0.29) is 25.4 Å². The predicted octanol–water partition coefficient (Wildman–Crippen LogP) is 2.62. The Morgan fingerprint density at radius 1 is 0.870 bits per heavy atom. The average Bonchev–Trinajstić information content (AvgIpc) is 3.19. The van der Waals surface area contributed by atoms with Gasteiger partial charge in [-0.1, -0.05) is 6.07 Å². The standard InChI is InChI=1S/C17H13NO5/c19-17-5-10(9-1-2-13-14(3-9)21-7-20-13)11-4-15-16(23-8-22-15)6-12(11)18-17/h1-4,6,10H,5,7-8H2,(H,18,19)/t10-/m0/s1. The van der Waals surface area contributed by atoms with E-state index in [1.165, 1.54) is 0 Å². The van der Waals surface area contributed by atoms with Gasteiger partial charge in [0.05, 0.1) is 0 Å². The molecule has 2 aromatic rings. The molecule has 116 valence electrons. The average molecular weight is 311 g/mol. The Morgan fingerprint density at radius 2 is 1.57 bits per heavy atom. The van der Waals surface area contributed by atoms with Crippen molar-refractivity contribution in [2.75, 3.05) is 18.9 Å². The van der Waals surface area contributed by atoms with Gasteiger partial charge in [0, 0.05) is 24.1 Å². The summed E-state index contributed by atoms with van der Waals surface area (Å²) < 4.78 is 21.7. The molecule has 3 aliphatic rings. The van der Waals surface area contributed by atoms with Gasteiger partial charge < -0.3 is 24.3 Å². The molecule has 2 aromatic carbocycles. The fraction of sp³-hybridized carbons (Fsp3) is 0.235. The van der Waals surface area contributed by atoms with Crippen molar-refractivity contribution in [3.63, 3.8) is 0 Å². The minimum Gasteiger partial charge on any atom is -0.454 e. The molecule has 0 saturated heterocycles. The maximum Gasteiger partial charge on any atom is 0.231 e. The van der Waals surface area contributed by atoms with Crippen molar-refractivity contribution in [1.29, 1.82) is 0 Å². The van der Waals surface area contributed by atoms with E-state index >= 15 is 0 Å². The number of ether oxygens (including phenoxy) is 4. The molecule has 0 radical (unpaired) electrons. The molecule has 1 atom stereocenters. The van der Waals surface area contributed by atoms with Crippen LogP contribution in [-0.4, -0.2) is 19.5 Å². The van der Waals surface area contributed by atoms with Crippen LogP contribution >= 0.6 is 0 Å². The number of hydrogen-bond acceptors (Lipinski definition) is 5. The Hall–Kier alpha value is -2.89. The van der Waals surface area contributed by atoms with Crippen molar-refractivity contribution in [1.82, 2.24) is 0 Å². The van der Waals surface area contributed by atoms with Crippen LogP contribution in [-0.2, 0) is 4.79 Å². The number of carbonyl (C=O) groups excluding carboxylic acids is 1. The zero-order valence-corrected chi connectivity index (χ0v) is 12.1. The summed E-state index contributed by atoms with van der Waals surface area (Å²) in [6.07, 6.45) is 0.381. The van der Waals surface area contributed by atoms with Gasteiger partial charge in [0.25, 0.3) is 0 Å². The molecule has 6 heteroatoms. The molecule has 1 N–H and O–H groups in total. The molecule has 0 unspecified atom stereocenters. The van der Waals surface area contributed by atoms with E-state index in [1.807, 2.05) is 30.3 Å². The van der Waals surface area contributed by atoms with Gasteiger partial charge in [-0.25, -0.2) is 0 Å². The second-order valence-corrected chi connectivity index (χ2v) is 5.71. The molecule has 6 nitrogen and oxygen atoms in total. The van der Waals surface area contributed by atoms with Crippen LogP contribution in [0.4, 0.5) is 5.69 Å². The normalized spacial score (nSPS) is 20.2. The summed E-state index contributed by atoms with van der Waals surface area (Å²) in [5, 5.41) is 2.91. The van der Waals surface area contributed by atoms with Crippen molar-refractivity contribution < 1.29 is 23.7 Å². The third-order valence-electron chi connectivity index (χ3n) is 4.38. The number of amides is 1. The van der Waals surface area contributed by atoms with Crippen LogP contribution in [0.2, 0.25) is 0 Å². The first kappa shape index (κ1) is 12.6. The van der Waals surface area contributed by atoms with Crippen LogP contribution in [0.15, 0.2) is 30.3 Å². The van der Waals surface area contributed by atoms with E-state index in [9.17, 15) is 4.79 Å². The zero-order chi connectivity index (χ0) is 15.4. The summed E-state index contributed by atoms with van der Waals surface area (Å²) in [4.78, 5) is 12.1. The Morgan fingerprint density at radius 3 is 2.39 bits per heavy atom. The van der Waals surface area contributed by atoms with E-state index in [0.29, 0.717) is 17.9 Å². The molecule has 0 aliphatic carbocycles. The van der Waals surface area contributed by atoms with E-state index in [4.69, 9.17) is 18.9 Å². The monoisotopic (exact) mass is 311 g/mol. The summed E-state index contributed by atoms with van der Waals surface area (Å²) in [6, 6.07) is 9.59. The highest BCUT2D eigenvalue weighted by atomic mass is 16.7. The third kappa shape index (κ3) is 1.91. The Labute approximate surface area is 131 Å². The summed E-state index contributed by atoms with van der Waals surface area (Å²) in [5.74, 6) is 2.76. The highest BCUT2D eigenvalue weighted by Gasteiger charge is 2.30. The van der Waals surface area contributed by atoms with Crippen molar-refractivity contribution in [2.45, 2.75) is 12.3 Å². The Bertz CT molecular complexity index is 832. The number of rotatable bonds is 1. The van der Waals surface area contributed by atoms with Gasteiger partial charge in [-0.3, -0.25) is 4.79 Å². The molecule has 3 heterocycles. The largest absolute Gasteiger partial charge is 0.454 e. The minimum absolute atomic E-state index is 0.0148. The number of carbonyl (C=O) groups is 1. The fourth-order valence-electron chi connectivity index (χ4n) is 3.28. The Balaban J connectivity index is 1.63. The van der Waals surface area contributed by atoms with Crippen LogP contribution in [0.1, 0.15) is 23.5 Å². The van der Waals surface area contributed by atoms with Crippen molar-refractivity contribution >= 4 is 11.6 Å². The highest BCUT2D eigenvalue weighted by molar-refractivity contribution is 5.96. The lowest BCUT2D eigenvalue weighted by Gasteiger charge is -2.26. The van der Waals surface area contributed by atoms with Crippen LogP contribution in [0.25, 0.3) is 0 Å². The molecule has 0 bridgehead atoms. The lowest BCUT2D eigenvalue weighted by atomic mass is 9.84. The van der Waals surface area contributed by atoms with E-state index < -0.39 is 0 Å². The molecule has 1 amide bonds. The van der Waals surface area contributed by atoms with E-state index in [1.54, 1.807) is 0 Å². The summed E-state index contributed by atoms with van der Waals surface area (Å²) in [6.45, 7) is 0.445. The number of nitrogens with one attached hydrogen (secondary N) is 1. The zero-order valence-electron chi connectivity index (χ0n) is 12.1. The lowest BCUT2D eigenvalue weighted by molar-refractivity contribution is -0.116. The van der Waals surface area contributed by atoms with Crippen LogP contribution in [0.5, 0.6) is 23.0 Å². The SMILES string of the molecule is O=C1C[C@@H](c2ccc3c(c2)OCO3)c2cc3c(cc2N1)OCO3. The summed E-state index contributed by atoms with van der Waals surface area (Å²) in [7, 11) is 0. The second-order valence-electron chi connectivity index (χ2n) is 5.71. The minimum atomic E-state index is -0.0530. The molecule has 5 rings (SSSR count). The van der Waals surface area contributed by atoms with E-state index in [0.717, 1.165) is 28.3 Å². The van der Waals surface area contributed by atoms with Crippen LogP contribution in [0, 0.1) is 0 Å². The van der Waals surface area contributed by atoms with Gasteiger partial charge >= 0.3 is 0 Å². The molecular formula is C17H13NO5. The first-order valence-electron chi connectivity index (χ1n) is 7.41. The maximum absolute atomic E-state index is 12.1. The lowest BCUT2D eigenvalue weighted by Crippen LogP contribution is -2.23. The summed E-state index contributed by atoms with van der Waals surface area (Å²) >= 11 is 0. The topological polar surface area (TPSA) is 66.0 Å². The van der Waals surface area contributed by atoms with Gasteiger partial charge in [-0.2, -0.15) is 0 Å². The number of anilines is 1. The smallest absolute Gasteiger partial charge is 0.231 e. The van der Waals surface area contributed by atoms with Crippen molar-refractivity contribution in [3.05, 3.63) is 41.5 Å². The van der Waals surface area contributed by atoms with Crippen LogP contribution < -0.4 is 24.3 Å². The number of benzene rings is 2. The molecule has 0 spiro atoms. The molecule has 3 aliphatic heterocycles. The molecule has 0 saturated carbocycles. The molecule has 0 aromatic heterocycles. The molecule has 23 heavy (non-hydrogen) atoms. The molecular weight excluding hydrogens is 298 g/mol. The van der Waals surface area contributed by atoms with Crippen molar-refractivity contribution in [2.24, 2.45) is 0 Å². The van der Waals surface area contributed by atoms with Gasteiger partial charge in [0.2, 0.25) is 19.5 Å². The second kappa shape index (κ2) is 4.55. The molecule has 0 fully saturated rings. The third-order valence-corrected chi connectivity index (χ3v) is 4.38. The highest BCUT2D eigenvalue weighted by Crippen LogP contribution is 2.46. The Kier molecular flexibility index (Phi) is 2.50. The fourth-order valence-corrected chi connectivity index (χ4v) is 3.28. The predicted molar refractivity (Wildman–Crippen MR) is 80.2 cm³/mol. The quantitative estimate of drug-likeness (QED) is 0.877. The first-order valence-corrected chi connectivity index (χ1v) is 7.41. The van der Waals surface area contributed by atoms with Gasteiger partial charge in [0.15, 0.2) is 23.0 Å². The van der Waals surface area contributed by atoms with Gasteiger partial charge in [-0.05, 0) is 29.3 Å². The van der Waals surface area contributed by atoms with Crippen molar-refractivity contribution in [3.8, 4) is 23.0 Å². The first-order chi connectivity index (χ1) is 11.3. The van der Waals surface area contributed by atoms with Gasteiger partial charge in [0.1, 0.15) is 0 Å². The number of fused-ring (bicyclic) bond motifs is 3. The van der Waals surface area contributed by atoms with E-state index in [2.05, 4.69) is 5.32 Å². The summed E-state index contributed by atoms with van der Waals surface area (Å²) in [5.41, 5.74) is 2.81. The number of hydrogen-bond donors (Lipinski definition) is 1.